The zero-order chi connectivity index (χ0) is 7.68. The maximum Gasteiger partial charge on any atom is 0.195 e. The van der Waals surface area contributed by atoms with Gasteiger partial charge in [0.2, 0.25) is 0 Å². The van der Waals surface area contributed by atoms with E-state index in [0.717, 1.165) is 11.3 Å². The van der Waals surface area contributed by atoms with Gasteiger partial charge in [0.25, 0.3) is 0 Å². The molecule has 2 nitrogen and oxygen atoms in total. The third kappa shape index (κ3) is 1.07. The molecule has 0 spiro atoms. The molecule has 1 aromatic carbocycles. The molecule has 1 aliphatic heterocycles. The average Bonchev–Trinajstić information content (AvgIpc) is 2.04. The van der Waals surface area contributed by atoms with Gasteiger partial charge in [-0.05, 0) is 6.07 Å². The highest BCUT2D eigenvalue weighted by Gasteiger charge is 2.11. The molecular weight excluding hydrogens is 140 g/mol. The number of fused-ring (bicyclic) bond motifs is 1. The van der Waals surface area contributed by atoms with Gasteiger partial charge in [0.1, 0.15) is 12.0 Å². The van der Waals surface area contributed by atoms with Gasteiger partial charge in [-0.3, -0.25) is 5.11 Å². The van der Waals surface area contributed by atoms with Crippen LogP contribution in [0.25, 0.3) is 0 Å². The van der Waals surface area contributed by atoms with E-state index in [0.29, 0.717) is 6.42 Å². The first kappa shape index (κ1) is 6.28. The van der Waals surface area contributed by atoms with Crippen molar-refractivity contribution in [2.24, 2.45) is 0 Å². The summed E-state index contributed by atoms with van der Waals surface area (Å²) in [7, 11) is 0. The largest absolute Gasteiger partial charge is 0.461 e. The van der Waals surface area contributed by atoms with Crippen LogP contribution in [0.1, 0.15) is 5.56 Å². The quantitative estimate of drug-likeness (QED) is 0.551. The number of allylic oxidation sites excluding steroid dienone is 1. The Hall–Kier alpha value is -1.44. The zero-order valence-electron chi connectivity index (χ0n) is 5.91. The highest BCUT2D eigenvalue weighted by Crippen LogP contribution is 2.24. The summed E-state index contributed by atoms with van der Waals surface area (Å²) < 4.78 is 5.06. The molecule has 11 heavy (non-hydrogen) atoms. The van der Waals surface area contributed by atoms with E-state index in [1.54, 1.807) is 0 Å². The normalized spacial score (nSPS) is 14.7. The number of rotatable bonds is 0. The summed E-state index contributed by atoms with van der Waals surface area (Å²) in [6.45, 7) is 0. The minimum absolute atomic E-state index is 0.0312. The van der Waals surface area contributed by atoms with E-state index in [9.17, 15) is 5.11 Å². The van der Waals surface area contributed by atoms with E-state index >= 15 is 0 Å². The molecule has 0 aromatic heterocycles. The Balaban J connectivity index is 2.42. The number of hydrogen-bond acceptors (Lipinski definition) is 1. The first-order valence-electron chi connectivity index (χ1n) is 3.47. The molecule has 2 rings (SSSR count). The maximum absolute atomic E-state index is 10.8. The van der Waals surface area contributed by atoms with E-state index in [1.807, 2.05) is 24.3 Å². The van der Waals surface area contributed by atoms with Crippen LogP contribution in [0.5, 0.6) is 5.75 Å². The Morgan fingerprint density at radius 3 is 3.00 bits per heavy atom. The van der Waals surface area contributed by atoms with Crippen molar-refractivity contribution in [3.05, 3.63) is 41.9 Å². The lowest BCUT2D eigenvalue weighted by atomic mass is 10.1. The van der Waals surface area contributed by atoms with E-state index in [1.165, 1.54) is 6.26 Å². The lowest BCUT2D eigenvalue weighted by molar-refractivity contribution is 0.258. The molecule has 0 amide bonds. The molecule has 1 aromatic rings. The van der Waals surface area contributed by atoms with E-state index in [-0.39, 0.29) is 5.76 Å². The molecule has 55 valence electrons. The molecule has 1 heterocycles. The number of ether oxygens (including phenoxy) is 1. The van der Waals surface area contributed by atoms with Gasteiger partial charge >= 0.3 is 0 Å². The Bertz CT molecular complexity index is 302. The van der Waals surface area contributed by atoms with Crippen molar-refractivity contribution < 1.29 is 9.84 Å². The van der Waals surface area contributed by atoms with Gasteiger partial charge in [-0.15, -0.1) is 0 Å². The van der Waals surface area contributed by atoms with E-state index in [2.05, 4.69) is 0 Å². The third-order valence-electron chi connectivity index (χ3n) is 1.65. The van der Waals surface area contributed by atoms with Crippen LogP contribution in [-0.4, -0.2) is 0 Å². The van der Waals surface area contributed by atoms with Crippen LogP contribution in [0.4, 0.5) is 0 Å². The van der Waals surface area contributed by atoms with Gasteiger partial charge in [0.05, 0.1) is 0 Å². The van der Waals surface area contributed by atoms with Crippen molar-refractivity contribution in [2.45, 2.75) is 6.42 Å². The summed E-state index contributed by atoms with van der Waals surface area (Å²) in [6, 6.07) is 7.56. The second-order valence-corrected chi connectivity index (χ2v) is 2.49. The average molecular weight is 147 g/mol. The summed E-state index contributed by atoms with van der Waals surface area (Å²) in [5.74, 6) is 0.829. The van der Waals surface area contributed by atoms with Crippen molar-refractivity contribution >= 4 is 0 Å². The smallest absolute Gasteiger partial charge is 0.195 e. The monoisotopic (exact) mass is 147 g/mol. The molecular formula is C9H7O2. The van der Waals surface area contributed by atoms with Gasteiger partial charge in [-0.25, -0.2) is 0 Å². The standard InChI is InChI=1S/C9H7O2/c10-8-5-7-3-1-2-4-9(7)11-6-8/h1-4,6H,5H2. The minimum Gasteiger partial charge on any atom is -0.461 e. The van der Waals surface area contributed by atoms with Gasteiger partial charge in [0.15, 0.2) is 5.76 Å². The van der Waals surface area contributed by atoms with Gasteiger partial charge in [-0.1, -0.05) is 18.2 Å². The second-order valence-electron chi connectivity index (χ2n) is 2.49. The van der Waals surface area contributed by atoms with Crippen LogP contribution >= 0.6 is 0 Å². The van der Waals surface area contributed by atoms with Crippen molar-refractivity contribution in [3.8, 4) is 5.75 Å². The van der Waals surface area contributed by atoms with Crippen LogP contribution in [0, 0.1) is 0 Å². The minimum atomic E-state index is 0.0312. The van der Waals surface area contributed by atoms with Crippen molar-refractivity contribution in [2.75, 3.05) is 0 Å². The fourth-order valence-electron chi connectivity index (χ4n) is 1.12. The Morgan fingerprint density at radius 1 is 1.27 bits per heavy atom. The highest BCUT2D eigenvalue weighted by molar-refractivity contribution is 5.38. The van der Waals surface area contributed by atoms with Gasteiger partial charge < -0.3 is 4.74 Å². The van der Waals surface area contributed by atoms with Gasteiger partial charge in [0, 0.05) is 12.0 Å². The van der Waals surface area contributed by atoms with Crippen LogP contribution in [0.2, 0.25) is 0 Å². The number of benzene rings is 1. The molecule has 0 fully saturated rings. The van der Waals surface area contributed by atoms with Crippen LogP contribution in [0.15, 0.2) is 36.3 Å². The summed E-state index contributed by atoms with van der Waals surface area (Å²) in [4.78, 5) is 0. The molecule has 0 aliphatic carbocycles. The SMILES string of the molecule is [O]C1=COc2ccccc2C1. The molecule has 0 unspecified atom stereocenters. The fraction of sp³-hybridized carbons (Fsp3) is 0.111. The summed E-state index contributed by atoms with van der Waals surface area (Å²) >= 11 is 0. The van der Waals surface area contributed by atoms with Crippen LogP contribution < -0.4 is 4.74 Å². The van der Waals surface area contributed by atoms with E-state index in [4.69, 9.17) is 4.74 Å². The molecule has 2 heteroatoms. The molecule has 0 bridgehead atoms. The van der Waals surface area contributed by atoms with E-state index < -0.39 is 0 Å². The second kappa shape index (κ2) is 2.31. The Labute approximate surface area is 64.7 Å². The topological polar surface area (TPSA) is 29.1 Å². The number of hydrogen-bond donors (Lipinski definition) is 0. The maximum atomic E-state index is 10.8. The molecule has 0 atom stereocenters. The Morgan fingerprint density at radius 2 is 2.09 bits per heavy atom. The first-order valence-corrected chi connectivity index (χ1v) is 3.47. The molecule has 0 saturated heterocycles. The summed E-state index contributed by atoms with van der Waals surface area (Å²) in [6.07, 6.45) is 1.73. The van der Waals surface area contributed by atoms with Crippen LogP contribution in [-0.2, 0) is 11.5 Å². The van der Waals surface area contributed by atoms with Gasteiger partial charge in [-0.2, -0.15) is 0 Å². The molecule has 0 N–H and O–H groups in total. The third-order valence-corrected chi connectivity index (χ3v) is 1.65. The summed E-state index contributed by atoms with van der Waals surface area (Å²) in [5.41, 5.74) is 0.972. The predicted molar refractivity (Wildman–Crippen MR) is 39.5 cm³/mol. The molecule has 0 saturated carbocycles. The molecule has 1 radical (unpaired) electrons. The molecule has 1 aliphatic rings. The summed E-state index contributed by atoms with van der Waals surface area (Å²) in [5, 5.41) is 10.8. The lowest BCUT2D eigenvalue weighted by Crippen LogP contribution is -2.00. The first-order chi connectivity index (χ1) is 5.36. The van der Waals surface area contributed by atoms with Crippen molar-refractivity contribution in [3.63, 3.8) is 0 Å². The zero-order valence-corrected chi connectivity index (χ0v) is 5.91. The highest BCUT2D eigenvalue weighted by atomic mass is 16.5. The van der Waals surface area contributed by atoms with Crippen LogP contribution in [0.3, 0.4) is 0 Å². The predicted octanol–water partition coefficient (Wildman–Crippen LogP) is 1.89. The lowest BCUT2D eigenvalue weighted by Gasteiger charge is -2.11. The number of para-hydroxylation sites is 1. The van der Waals surface area contributed by atoms with Crippen molar-refractivity contribution in [1.82, 2.24) is 0 Å². The Kier molecular flexibility index (Phi) is 1.32. The fourth-order valence-corrected chi connectivity index (χ4v) is 1.12. The van der Waals surface area contributed by atoms with Crippen molar-refractivity contribution in [1.29, 1.82) is 0 Å².